The Hall–Kier alpha value is -2.62. The second-order valence-corrected chi connectivity index (χ2v) is 7.90. The number of hydrogen-bond donors (Lipinski definition) is 2. The van der Waals surface area contributed by atoms with Crippen molar-refractivity contribution in [2.24, 2.45) is 9.98 Å². The molecule has 2 N–H and O–H groups in total. The molecular weight excluding hydrogens is 356 g/mol. The number of hydrogen-bond acceptors (Lipinski definition) is 4. The van der Waals surface area contributed by atoms with Crippen LogP contribution in [-0.2, 0) is 0 Å². The molecule has 0 unspecified atom stereocenters. The van der Waals surface area contributed by atoms with E-state index in [9.17, 15) is 0 Å². The van der Waals surface area contributed by atoms with E-state index in [-0.39, 0.29) is 6.04 Å². The number of rotatable bonds is 0. The van der Waals surface area contributed by atoms with Crippen molar-refractivity contribution in [3.8, 4) is 0 Å². The van der Waals surface area contributed by atoms with Gasteiger partial charge >= 0.3 is 0 Å². The van der Waals surface area contributed by atoms with Crippen LogP contribution in [0.3, 0.4) is 0 Å². The summed E-state index contributed by atoms with van der Waals surface area (Å²) in [5.41, 5.74) is 4.32. The van der Waals surface area contributed by atoms with Crippen molar-refractivity contribution < 1.29 is 0 Å². The minimum absolute atomic E-state index is 0.217. The van der Waals surface area contributed by atoms with Gasteiger partial charge in [-0.2, -0.15) is 0 Å². The Labute approximate surface area is 175 Å². The molecule has 3 rings (SSSR count). The average Bonchev–Trinajstić information content (AvgIpc) is 3.04. The smallest absolute Gasteiger partial charge is 0.0808 e. The largest absolute Gasteiger partial charge is 0.383 e. The Morgan fingerprint density at radius 1 is 0.793 bits per heavy atom. The number of fused-ring (bicyclic) bond motifs is 2. The molecule has 0 fully saturated rings. The Bertz CT molecular complexity index is 790. The van der Waals surface area contributed by atoms with Gasteiger partial charge in [-0.1, -0.05) is 49.3 Å². The van der Waals surface area contributed by atoms with Gasteiger partial charge in [0.25, 0.3) is 0 Å². The maximum Gasteiger partial charge on any atom is 0.0808 e. The third-order valence-electron chi connectivity index (χ3n) is 5.17. The van der Waals surface area contributed by atoms with Gasteiger partial charge in [0.2, 0.25) is 0 Å². The minimum atomic E-state index is 0.217. The molecule has 0 radical (unpaired) electrons. The second-order valence-electron chi connectivity index (χ2n) is 7.90. The van der Waals surface area contributed by atoms with Crippen molar-refractivity contribution in [3.63, 3.8) is 0 Å². The van der Waals surface area contributed by atoms with Crippen LogP contribution in [0.5, 0.6) is 0 Å². The molecule has 1 aliphatic heterocycles. The summed E-state index contributed by atoms with van der Waals surface area (Å²) in [5.74, 6) is 0. The standard InChI is InChI=1S/C25H34N4/c1-20-19-21(2)29-25-16-10-6-8-14-23(25)27-18-12-4-3-11-17-26-22-13-7-5-9-15-24(22)28-20/h5-10,13-16,20-21,26,29H,3-4,11-12,17-19H2,1-2H3/t20-,21-/m0/s1. The third-order valence-corrected chi connectivity index (χ3v) is 5.17. The van der Waals surface area contributed by atoms with Gasteiger partial charge in [-0.05, 0) is 57.4 Å². The summed E-state index contributed by atoms with van der Waals surface area (Å²) < 4.78 is 0. The van der Waals surface area contributed by atoms with Crippen LogP contribution in [-0.4, -0.2) is 36.6 Å². The van der Waals surface area contributed by atoms with Gasteiger partial charge in [0, 0.05) is 25.2 Å². The molecule has 2 aliphatic carbocycles. The lowest BCUT2D eigenvalue weighted by atomic mass is 10.1. The van der Waals surface area contributed by atoms with Crippen molar-refractivity contribution in [1.29, 1.82) is 0 Å². The second kappa shape index (κ2) is 11.4. The summed E-state index contributed by atoms with van der Waals surface area (Å²) in [6.45, 7) is 6.28. The first-order chi connectivity index (χ1) is 14.2. The van der Waals surface area contributed by atoms with Gasteiger partial charge < -0.3 is 10.6 Å². The quantitative estimate of drug-likeness (QED) is 0.624. The van der Waals surface area contributed by atoms with Crippen molar-refractivity contribution in [2.45, 2.75) is 58.0 Å². The van der Waals surface area contributed by atoms with Crippen LogP contribution in [0.4, 0.5) is 0 Å². The first-order valence-corrected chi connectivity index (χ1v) is 11.0. The average molecular weight is 391 g/mol. The Morgan fingerprint density at radius 2 is 1.52 bits per heavy atom. The summed E-state index contributed by atoms with van der Waals surface area (Å²) in [6.07, 6.45) is 26.6. The first-order valence-electron chi connectivity index (χ1n) is 11.0. The lowest BCUT2D eigenvalue weighted by Crippen LogP contribution is -2.31. The Kier molecular flexibility index (Phi) is 8.29. The molecule has 0 saturated carbocycles. The highest BCUT2D eigenvalue weighted by molar-refractivity contribution is 6.09. The molecule has 29 heavy (non-hydrogen) atoms. The van der Waals surface area contributed by atoms with E-state index in [0.29, 0.717) is 6.04 Å². The summed E-state index contributed by atoms with van der Waals surface area (Å²) in [6, 6.07) is 0.517. The number of nitrogens with zero attached hydrogens (tertiary/aromatic N) is 2. The molecule has 1 heterocycles. The van der Waals surface area contributed by atoms with Gasteiger partial charge in [-0.3, -0.25) is 9.98 Å². The summed E-state index contributed by atoms with van der Waals surface area (Å²) >= 11 is 0. The molecule has 0 aromatic heterocycles. The number of nitrogens with one attached hydrogen (secondary N) is 2. The molecular formula is C25H34N4. The van der Waals surface area contributed by atoms with E-state index in [1.165, 1.54) is 12.8 Å². The van der Waals surface area contributed by atoms with E-state index < -0.39 is 0 Å². The zero-order chi connectivity index (χ0) is 20.3. The fourth-order valence-electron chi connectivity index (χ4n) is 3.74. The number of aliphatic imine (C=N–C) groups is 2. The molecule has 0 aromatic carbocycles. The molecule has 154 valence electrons. The topological polar surface area (TPSA) is 48.8 Å². The molecule has 3 aliphatic rings. The van der Waals surface area contributed by atoms with Crippen LogP contribution in [0.25, 0.3) is 0 Å². The van der Waals surface area contributed by atoms with Crippen molar-refractivity contribution in [3.05, 3.63) is 72.2 Å². The lowest BCUT2D eigenvalue weighted by molar-refractivity contribution is 0.524. The fourth-order valence-corrected chi connectivity index (χ4v) is 3.74. The molecule has 0 spiro atoms. The number of allylic oxidation sites excluding steroid dienone is 10. The lowest BCUT2D eigenvalue weighted by Gasteiger charge is -2.20. The minimum Gasteiger partial charge on any atom is -0.383 e. The zero-order valence-corrected chi connectivity index (χ0v) is 17.8. The van der Waals surface area contributed by atoms with E-state index in [4.69, 9.17) is 9.98 Å². The molecule has 4 nitrogen and oxygen atoms in total. The predicted octanol–water partition coefficient (Wildman–Crippen LogP) is 4.81. The third kappa shape index (κ3) is 7.04. The monoisotopic (exact) mass is 390 g/mol. The highest BCUT2D eigenvalue weighted by Gasteiger charge is 2.14. The first kappa shape index (κ1) is 21.1. The van der Waals surface area contributed by atoms with Crippen molar-refractivity contribution in [1.82, 2.24) is 10.6 Å². The summed E-state index contributed by atoms with van der Waals surface area (Å²) in [7, 11) is 0. The Balaban J connectivity index is 1.78. The van der Waals surface area contributed by atoms with E-state index >= 15 is 0 Å². The van der Waals surface area contributed by atoms with Crippen molar-refractivity contribution in [2.75, 3.05) is 13.1 Å². The Morgan fingerprint density at radius 3 is 2.34 bits per heavy atom. The highest BCUT2D eigenvalue weighted by Crippen LogP contribution is 2.12. The van der Waals surface area contributed by atoms with E-state index in [1.54, 1.807) is 0 Å². The maximum atomic E-state index is 5.02. The molecule has 0 amide bonds. The van der Waals surface area contributed by atoms with Crippen LogP contribution < -0.4 is 10.6 Å². The predicted molar refractivity (Wildman–Crippen MR) is 126 cm³/mol. The van der Waals surface area contributed by atoms with Crippen LogP contribution in [0.2, 0.25) is 0 Å². The molecule has 0 aromatic rings. The van der Waals surface area contributed by atoms with Crippen molar-refractivity contribution >= 4 is 11.4 Å². The zero-order valence-electron chi connectivity index (χ0n) is 17.8. The van der Waals surface area contributed by atoms with Gasteiger partial charge in [-0.15, -0.1) is 0 Å². The SMILES string of the molecule is C[C@H]1C[C@H](C)NC2=CC=CC=CC2=NCCCCCCNC2=CC=CC=CC2=N1. The molecule has 4 heteroatoms. The van der Waals surface area contributed by atoms with E-state index in [0.717, 1.165) is 55.2 Å². The van der Waals surface area contributed by atoms with E-state index in [2.05, 4.69) is 85.2 Å². The molecule has 2 atom stereocenters. The van der Waals surface area contributed by atoms with Gasteiger partial charge in [0.05, 0.1) is 22.8 Å². The van der Waals surface area contributed by atoms with Gasteiger partial charge in [0.1, 0.15) is 0 Å². The normalized spacial score (nSPS) is 26.1. The highest BCUT2D eigenvalue weighted by atomic mass is 15.0. The molecule has 0 bridgehead atoms. The van der Waals surface area contributed by atoms with Crippen LogP contribution >= 0.6 is 0 Å². The molecule has 0 saturated heterocycles. The fraction of sp³-hybridized carbons (Fsp3) is 0.440. The van der Waals surface area contributed by atoms with E-state index in [1.807, 2.05) is 0 Å². The van der Waals surface area contributed by atoms with Crippen LogP contribution in [0.1, 0.15) is 46.0 Å². The maximum absolute atomic E-state index is 5.02. The van der Waals surface area contributed by atoms with Gasteiger partial charge in [-0.25, -0.2) is 0 Å². The van der Waals surface area contributed by atoms with Crippen LogP contribution in [0.15, 0.2) is 82.1 Å². The van der Waals surface area contributed by atoms with Crippen LogP contribution in [0, 0.1) is 0 Å². The summed E-state index contributed by atoms with van der Waals surface area (Å²) in [5, 5.41) is 7.26. The summed E-state index contributed by atoms with van der Waals surface area (Å²) in [4.78, 5) is 9.89. The van der Waals surface area contributed by atoms with Gasteiger partial charge in [0.15, 0.2) is 0 Å².